The SMILES string of the molecule is CNC1(Cc2ccc(C)cc2)CCCC1. The largest absolute Gasteiger partial charge is 0.314 e. The molecule has 2 rings (SSSR count). The number of aryl methyl sites for hydroxylation is 1. The van der Waals surface area contributed by atoms with Gasteiger partial charge in [0.25, 0.3) is 0 Å². The monoisotopic (exact) mass is 203 g/mol. The molecule has 1 fully saturated rings. The van der Waals surface area contributed by atoms with Crippen molar-refractivity contribution >= 4 is 0 Å². The summed E-state index contributed by atoms with van der Waals surface area (Å²) in [6.45, 7) is 2.15. The van der Waals surface area contributed by atoms with Crippen molar-refractivity contribution in [2.75, 3.05) is 7.05 Å². The fourth-order valence-electron chi connectivity index (χ4n) is 2.66. The minimum atomic E-state index is 0.384. The molecule has 1 aromatic rings. The van der Waals surface area contributed by atoms with Crippen molar-refractivity contribution in [1.82, 2.24) is 5.32 Å². The normalized spacial score (nSPS) is 19.3. The molecule has 0 aromatic heterocycles. The van der Waals surface area contributed by atoms with E-state index in [-0.39, 0.29) is 0 Å². The highest BCUT2D eigenvalue weighted by Gasteiger charge is 2.31. The van der Waals surface area contributed by atoms with E-state index in [0.717, 1.165) is 0 Å². The minimum absolute atomic E-state index is 0.384. The van der Waals surface area contributed by atoms with Crippen molar-refractivity contribution < 1.29 is 0 Å². The van der Waals surface area contributed by atoms with Crippen LogP contribution in [-0.4, -0.2) is 12.6 Å². The first-order valence-corrected chi connectivity index (χ1v) is 5.99. The molecule has 0 heterocycles. The zero-order valence-corrected chi connectivity index (χ0v) is 9.84. The number of hydrogen-bond donors (Lipinski definition) is 1. The highest BCUT2D eigenvalue weighted by Crippen LogP contribution is 2.32. The maximum absolute atomic E-state index is 3.54. The van der Waals surface area contributed by atoms with Gasteiger partial charge in [0.1, 0.15) is 0 Å². The van der Waals surface area contributed by atoms with E-state index in [2.05, 4.69) is 43.6 Å². The molecule has 15 heavy (non-hydrogen) atoms. The van der Waals surface area contributed by atoms with Crippen LogP contribution in [0, 0.1) is 6.92 Å². The lowest BCUT2D eigenvalue weighted by Crippen LogP contribution is -2.42. The third-order valence-electron chi connectivity index (χ3n) is 3.75. The molecule has 1 N–H and O–H groups in total. The average Bonchev–Trinajstić information content (AvgIpc) is 2.71. The van der Waals surface area contributed by atoms with Gasteiger partial charge in [0.15, 0.2) is 0 Å². The highest BCUT2D eigenvalue weighted by atomic mass is 14.9. The van der Waals surface area contributed by atoms with Gasteiger partial charge in [-0.2, -0.15) is 0 Å². The molecule has 1 saturated carbocycles. The van der Waals surface area contributed by atoms with Gasteiger partial charge in [0, 0.05) is 5.54 Å². The second-order valence-electron chi connectivity index (χ2n) is 4.90. The van der Waals surface area contributed by atoms with Crippen LogP contribution in [0.4, 0.5) is 0 Å². The highest BCUT2D eigenvalue weighted by molar-refractivity contribution is 5.23. The van der Waals surface area contributed by atoms with Crippen molar-refractivity contribution in [1.29, 1.82) is 0 Å². The first-order chi connectivity index (χ1) is 7.24. The molecule has 0 unspecified atom stereocenters. The lowest BCUT2D eigenvalue weighted by atomic mass is 9.89. The van der Waals surface area contributed by atoms with Gasteiger partial charge in [-0.05, 0) is 38.8 Å². The van der Waals surface area contributed by atoms with E-state index in [0.29, 0.717) is 5.54 Å². The molecule has 0 bridgehead atoms. The zero-order chi connectivity index (χ0) is 10.7. The predicted octanol–water partition coefficient (Wildman–Crippen LogP) is 3.07. The van der Waals surface area contributed by atoms with Crippen LogP contribution in [0.2, 0.25) is 0 Å². The van der Waals surface area contributed by atoms with E-state index >= 15 is 0 Å². The summed E-state index contributed by atoms with van der Waals surface area (Å²) >= 11 is 0. The predicted molar refractivity (Wildman–Crippen MR) is 65.1 cm³/mol. The smallest absolute Gasteiger partial charge is 0.0218 e. The Hall–Kier alpha value is -0.820. The Balaban J connectivity index is 2.09. The standard InChI is InChI=1S/C14H21N/c1-12-5-7-13(8-6-12)11-14(15-2)9-3-4-10-14/h5-8,15H,3-4,9-11H2,1-2H3. The van der Waals surface area contributed by atoms with E-state index in [9.17, 15) is 0 Å². The first kappa shape index (κ1) is 10.7. The molecule has 0 radical (unpaired) electrons. The summed E-state index contributed by atoms with van der Waals surface area (Å²) in [6, 6.07) is 8.97. The van der Waals surface area contributed by atoms with Crippen LogP contribution in [0.1, 0.15) is 36.8 Å². The Labute approximate surface area is 92.9 Å². The number of hydrogen-bond acceptors (Lipinski definition) is 1. The topological polar surface area (TPSA) is 12.0 Å². The van der Waals surface area contributed by atoms with Crippen molar-refractivity contribution in [3.63, 3.8) is 0 Å². The van der Waals surface area contributed by atoms with E-state index in [1.807, 2.05) is 0 Å². The number of rotatable bonds is 3. The maximum Gasteiger partial charge on any atom is 0.0218 e. The van der Waals surface area contributed by atoms with E-state index in [1.165, 1.54) is 43.2 Å². The summed E-state index contributed by atoms with van der Waals surface area (Å²) < 4.78 is 0. The maximum atomic E-state index is 3.54. The molecule has 82 valence electrons. The fraction of sp³-hybridized carbons (Fsp3) is 0.571. The van der Waals surface area contributed by atoms with Gasteiger partial charge in [0.05, 0.1) is 0 Å². The molecular weight excluding hydrogens is 182 g/mol. The molecule has 0 aliphatic heterocycles. The second kappa shape index (κ2) is 4.36. The van der Waals surface area contributed by atoms with Gasteiger partial charge >= 0.3 is 0 Å². The van der Waals surface area contributed by atoms with Crippen LogP contribution in [0.3, 0.4) is 0 Å². The third kappa shape index (κ3) is 2.40. The summed E-state index contributed by atoms with van der Waals surface area (Å²) in [6.07, 6.45) is 6.61. The van der Waals surface area contributed by atoms with E-state index in [4.69, 9.17) is 0 Å². The van der Waals surface area contributed by atoms with Crippen LogP contribution >= 0.6 is 0 Å². The third-order valence-corrected chi connectivity index (χ3v) is 3.75. The molecular formula is C14H21N. The molecule has 1 aliphatic rings. The van der Waals surface area contributed by atoms with E-state index in [1.54, 1.807) is 0 Å². The number of benzene rings is 1. The van der Waals surface area contributed by atoms with Crippen molar-refractivity contribution in [3.05, 3.63) is 35.4 Å². The first-order valence-electron chi connectivity index (χ1n) is 5.99. The Morgan fingerprint density at radius 3 is 2.27 bits per heavy atom. The second-order valence-corrected chi connectivity index (χ2v) is 4.90. The lowest BCUT2D eigenvalue weighted by molar-refractivity contribution is 0.357. The number of likely N-dealkylation sites (N-methyl/N-ethyl adjacent to an activating group) is 1. The Morgan fingerprint density at radius 1 is 1.13 bits per heavy atom. The van der Waals surface area contributed by atoms with Gasteiger partial charge < -0.3 is 5.32 Å². The van der Waals surface area contributed by atoms with Crippen LogP contribution in [0.25, 0.3) is 0 Å². The van der Waals surface area contributed by atoms with Gasteiger partial charge in [-0.15, -0.1) is 0 Å². The summed E-state index contributed by atoms with van der Waals surface area (Å²) in [5, 5.41) is 3.54. The Kier molecular flexibility index (Phi) is 3.11. The summed E-state index contributed by atoms with van der Waals surface area (Å²) in [4.78, 5) is 0. The van der Waals surface area contributed by atoms with Crippen LogP contribution in [0.5, 0.6) is 0 Å². The van der Waals surface area contributed by atoms with E-state index < -0.39 is 0 Å². The molecule has 0 atom stereocenters. The van der Waals surface area contributed by atoms with Crippen molar-refractivity contribution in [3.8, 4) is 0 Å². The Bertz CT molecular complexity index is 307. The average molecular weight is 203 g/mol. The van der Waals surface area contributed by atoms with Crippen molar-refractivity contribution in [2.24, 2.45) is 0 Å². The number of nitrogens with one attached hydrogen (secondary N) is 1. The molecule has 1 heteroatoms. The van der Waals surface area contributed by atoms with Crippen LogP contribution in [0.15, 0.2) is 24.3 Å². The minimum Gasteiger partial charge on any atom is -0.314 e. The van der Waals surface area contributed by atoms with Gasteiger partial charge in [-0.1, -0.05) is 42.7 Å². The van der Waals surface area contributed by atoms with Gasteiger partial charge in [-0.25, -0.2) is 0 Å². The quantitative estimate of drug-likeness (QED) is 0.796. The molecule has 0 spiro atoms. The van der Waals surface area contributed by atoms with Crippen LogP contribution in [-0.2, 0) is 6.42 Å². The van der Waals surface area contributed by atoms with Crippen LogP contribution < -0.4 is 5.32 Å². The van der Waals surface area contributed by atoms with Gasteiger partial charge in [-0.3, -0.25) is 0 Å². The summed E-state index contributed by atoms with van der Waals surface area (Å²) in [5.74, 6) is 0. The lowest BCUT2D eigenvalue weighted by Gasteiger charge is -2.28. The molecule has 1 nitrogen and oxygen atoms in total. The summed E-state index contributed by atoms with van der Waals surface area (Å²) in [5.41, 5.74) is 3.20. The fourth-order valence-corrected chi connectivity index (χ4v) is 2.66. The molecule has 1 aromatic carbocycles. The summed E-state index contributed by atoms with van der Waals surface area (Å²) in [7, 11) is 2.11. The Morgan fingerprint density at radius 2 is 1.73 bits per heavy atom. The molecule has 1 aliphatic carbocycles. The molecule has 0 amide bonds. The zero-order valence-electron chi connectivity index (χ0n) is 9.84. The molecule has 0 saturated heterocycles. The van der Waals surface area contributed by atoms with Gasteiger partial charge in [0.2, 0.25) is 0 Å². The van der Waals surface area contributed by atoms with Crippen molar-refractivity contribution in [2.45, 2.75) is 44.6 Å².